The highest BCUT2D eigenvalue weighted by Crippen LogP contribution is 2.29. The molecule has 1 aliphatic heterocycles. The molecule has 9 heteroatoms. The van der Waals surface area contributed by atoms with Crippen LogP contribution in [0.25, 0.3) is 22.0 Å². The van der Waals surface area contributed by atoms with Crippen molar-refractivity contribution in [2.75, 3.05) is 23.3 Å². The number of benzene rings is 1. The van der Waals surface area contributed by atoms with Crippen molar-refractivity contribution in [1.82, 2.24) is 20.2 Å². The van der Waals surface area contributed by atoms with E-state index in [1.807, 2.05) is 63.2 Å². The maximum atomic E-state index is 12.8. The van der Waals surface area contributed by atoms with Crippen LogP contribution in [0.2, 0.25) is 0 Å². The second-order valence-corrected chi connectivity index (χ2v) is 9.33. The van der Waals surface area contributed by atoms with Crippen LogP contribution in [-0.4, -0.2) is 52.7 Å². The van der Waals surface area contributed by atoms with Gasteiger partial charge in [0.2, 0.25) is 0 Å². The lowest BCUT2D eigenvalue weighted by atomic mass is 10.0. The molecule has 4 heterocycles. The van der Waals surface area contributed by atoms with E-state index in [2.05, 4.69) is 57.2 Å². The second-order valence-electron chi connectivity index (χ2n) is 9.33. The number of nitrogens with zero attached hydrogens (tertiary/aromatic N) is 4. The SMILES string of the molecule is C=O.C=O.CC(C)C.Cc1ccc(NC(=O)c2n[nH]c3ccc(-c4cncc(N5CCCC5)c4)cc23)cn1. The first-order valence-electron chi connectivity index (χ1n) is 12.4. The molecule has 1 fully saturated rings. The van der Waals surface area contributed by atoms with Gasteiger partial charge in [-0.05, 0) is 61.6 Å². The number of hydrogen-bond donors (Lipinski definition) is 2. The number of pyridine rings is 2. The number of carbonyl (C=O) groups is 3. The van der Waals surface area contributed by atoms with Crippen molar-refractivity contribution in [1.29, 1.82) is 0 Å². The molecular weight excluding hydrogens is 480 g/mol. The molecule has 1 aromatic carbocycles. The normalized spacial score (nSPS) is 12.0. The van der Waals surface area contributed by atoms with E-state index in [1.54, 1.807) is 6.20 Å². The number of fused-ring (bicyclic) bond motifs is 1. The zero-order chi connectivity index (χ0) is 28.1. The minimum Gasteiger partial charge on any atom is -0.370 e. The maximum absolute atomic E-state index is 12.8. The number of aryl methyl sites for hydroxylation is 1. The van der Waals surface area contributed by atoms with Crippen molar-refractivity contribution in [3.05, 3.63) is 66.4 Å². The molecule has 3 aromatic heterocycles. The minimum atomic E-state index is -0.270. The van der Waals surface area contributed by atoms with Crippen molar-refractivity contribution >= 4 is 41.8 Å². The van der Waals surface area contributed by atoms with E-state index in [4.69, 9.17) is 9.59 Å². The summed E-state index contributed by atoms with van der Waals surface area (Å²) >= 11 is 0. The third kappa shape index (κ3) is 8.06. The number of anilines is 2. The largest absolute Gasteiger partial charge is 0.370 e. The van der Waals surface area contributed by atoms with Gasteiger partial charge in [-0.15, -0.1) is 0 Å². The fourth-order valence-corrected chi connectivity index (χ4v) is 3.83. The van der Waals surface area contributed by atoms with Gasteiger partial charge in [-0.3, -0.25) is 19.9 Å². The molecule has 0 aliphatic carbocycles. The lowest BCUT2D eigenvalue weighted by Gasteiger charge is -2.17. The Morgan fingerprint density at radius 2 is 1.63 bits per heavy atom. The fraction of sp³-hybridized carbons (Fsp3) is 0.310. The topological polar surface area (TPSA) is 121 Å². The monoisotopic (exact) mass is 516 g/mol. The van der Waals surface area contributed by atoms with Gasteiger partial charge < -0.3 is 19.8 Å². The first-order valence-corrected chi connectivity index (χ1v) is 12.4. The Bertz CT molecular complexity index is 1290. The van der Waals surface area contributed by atoms with Crippen LogP contribution in [0.15, 0.2) is 55.0 Å². The molecule has 4 aromatic rings. The van der Waals surface area contributed by atoms with Gasteiger partial charge in [0.15, 0.2) is 5.69 Å². The number of carbonyl (C=O) groups excluding carboxylic acids is 3. The highest BCUT2D eigenvalue weighted by Gasteiger charge is 2.17. The summed E-state index contributed by atoms with van der Waals surface area (Å²) in [6, 6.07) is 11.8. The summed E-state index contributed by atoms with van der Waals surface area (Å²) in [5.74, 6) is 0.563. The molecule has 0 spiro atoms. The summed E-state index contributed by atoms with van der Waals surface area (Å²) in [6.45, 7) is 14.6. The summed E-state index contributed by atoms with van der Waals surface area (Å²) in [6.07, 6.45) is 7.86. The van der Waals surface area contributed by atoms with E-state index >= 15 is 0 Å². The number of amides is 1. The maximum Gasteiger partial charge on any atom is 0.276 e. The van der Waals surface area contributed by atoms with Gasteiger partial charge in [0, 0.05) is 35.9 Å². The average Bonchev–Trinajstić information content (AvgIpc) is 3.62. The van der Waals surface area contributed by atoms with Crippen LogP contribution in [0.3, 0.4) is 0 Å². The average molecular weight is 517 g/mol. The summed E-state index contributed by atoms with van der Waals surface area (Å²) < 4.78 is 0. The molecule has 0 atom stereocenters. The van der Waals surface area contributed by atoms with Crippen molar-refractivity contribution < 1.29 is 14.4 Å². The predicted molar refractivity (Wildman–Crippen MR) is 152 cm³/mol. The van der Waals surface area contributed by atoms with Crippen LogP contribution in [0.4, 0.5) is 11.4 Å². The predicted octanol–water partition coefficient (Wildman–Crippen LogP) is 5.47. The van der Waals surface area contributed by atoms with E-state index in [0.29, 0.717) is 11.4 Å². The molecule has 38 heavy (non-hydrogen) atoms. The molecule has 5 rings (SSSR count). The lowest BCUT2D eigenvalue weighted by Crippen LogP contribution is -2.17. The summed E-state index contributed by atoms with van der Waals surface area (Å²) in [5, 5.41) is 10.8. The zero-order valence-electron chi connectivity index (χ0n) is 22.5. The van der Waals surface area contributed by atoms with Gasteiger partial charge in [-0.1, -0.05) is 26.8 Å². The van der Waals surface area contributed by atoms with E-state index < -0.39 is 0 Å². The fourth-order valence-electron chi connectivity index (χ4n) is 3.83. The van der Waals surface area contributed by atoms with Crippen molar-refractivity contribution in [2.24, 2.45) is 5.92 Å². The number of hydrogen-bond acceptors (Lipinski definition) is 7. The van der Waals surface area contributed by atoms with Gasteiger partial charge in [0.25, 0.3) is 5.91 Å². The molecular formula is C29H36N6O3. The van der Waals surface area contributed by atoms with Crippen LogP contribution in [0, 0.1) is 12.8 Å². The molecule has 200 valence electrons. The molecule has 0 bridgehead atoms. The van der Waals surface area contributed by atoms with Crippen molar-refractivity contribution in [3.8, 4) is 11.1 Å². The van der Waals surface area contributed by atoms with Gasteiger partial charge in [-0.25, -0.2) is 0 Å². The summed E-state index contributed by atoms with van der Waals surface area (Å²) in [5.41, 5.74) is 5.88. The van der Waals surface area contributed by atoms with Gasteiger partial charge in [0.05, 0.1) is 29.3 Å². The Hall–Kier alpha value is -4.40. The van der Waals surface area contributed by atoms with Crippen LogP contribution in [0.5, 0.6) is 0 Å². The Kier molecular flexibility index (Phi) is 11.8. The Labute approximate surface area is 223 Å². The van der Waals surface area contributed by atoms with Gasteiger partial charge >= 0.3 is 0 Å². The Morgan fingerprint density at radius 1 is 0.947 bits per heavy atom. The number of aromatic amines is 1. The van der Waals surface area contributed by atoms with Gasteiger partial charge in [-0.2, -0.15) is 5.10 Å². The second kappa shape index (κ2) is 15.0. The smallest absolute Gasteiger partial charge is 0.276 e. The Morgan fingerprint density at radius 3 is 2.26 bits per heavy atom. The van der Waals surface area contributed by atoms with Crippen molar-refractivity contribution in [3.63, 3.8) is 0 Å². The molecule has 0 radical (unpaired) electrons. The summed E-state index contributed by atoms with van der Waals surface area (Å²) in [4.78, 5) is 39.8. The standard InChI is InChI=1S/C23H22N6O.C4H10.2CH2O/c1-15-4-6-18(13-25-15)26-23(30)22-20-11-16(5-7-21(20)27-28-22)17-10-19(14-24-12-17)29-8-2-3-9-29;1-4(2)3;2*1-2/h4-7,10-14H,2-3,8-9H2,1H3,(H,26,30)(H,27,28);4H,1-3H3;2*1H2. The highest BCUT2D eigenvalue weighted by atomic mass is 16.2. The lowest BCUT2D eigenvalue weighted by molar-refractivity contribution is -0.0987. The number of nitrogens with one attached hydrogen (secondary N) is 2. The van der Waals surface area contributed by atoms with Gasteiger partial charge in [0.1, 0.15) is 13.6 Å². The van der Waals surface area contributed by atoms with E-state index in [0.717, 1.165) is 52.4 Å². The van der Waals surface area contributed by atoms with Crippen LogP contribution in [0.1, 0.15) is 49.8 Å². The van der Waals surface area contributed by atoms with Crippen LogP contribution in [-0.2, 0) is 9.59 Å². The minimum absolute atomic E-state index is 0.270. The third-order valence-electron chi connectivity index (χ3n) is 5.48. The van der Waals surface area contributed by atoms with E-state index in [9.17, 15) is 4.79 Å². The van der Waals surface area contributed by atoms with Crippen molar-refractivity contribution in [2.45, 2.75) is 40.5 Å². The van der Waals surface area contributed by atoms with E-state index in [-0.39, 0.29) is 5.91 Å². The first kappa shape index (κ1) is 29.8. The molecule has 1 amide bonds. The summed E-state index contributed by atoms with van der Waals surface area (Å²) in [7, 11) is 0. The van der Waals surface area contributed by atoms with Crippen LogP contribution < -0.4 is 10.2 Å². The quantitative estimate of drug-likeness (QED) is 0.369. The third-order valence-corrected chi connectivity index (χ3v) is 5.48. The number of H-pyrrole nitrogens is 1. The zero-order valence-corrected chi connectivity index (χ0v) is 22.5. The highest BCUT2D eigenvalue weighted by molar-refractivity contribution is 6.11. The molecule has 2 N–H and O–H groups in total. The Balaban J connectivity index is 0.000000571. The van der Waals surface area contributed by atoms with E-state index in [1.165, 1.54) is 12.8 Å². The molecule has 0 unspecified atom stereocenters. The molecule has 1 saturated heterocycles. The molecule has 9 nitrogen and oxygen atoms in total. The molecule has 1 aliphatic rings. The molecule has 0 saturated carbocycles. The first-order chi connectivity index (χ1) is 18.4. The number of rotatable bonds is 4. The van der Waals surface area contributed by atoms with Crippen LogP contribution >= 0.6 is 0 Å². The number of aromatic nitrogens is 4.